The summed E-state index contributed by atoms with van der Waals surface area (Å²) in [5, 5.41) is 4.90. The van der Waals surface area contributed by atoms with E-state index in [2.05, 4.69) is 5.32 Å². The van der Waals surface area contributed by atoms with Crippen molar-refractivity contribution in [3.8, 4) is 5.75 Å². The van der Waals surface area contributed by atoms with Crippen molar-refractivity contribution in [2.24, 2.45) is 0 Å². The van der Waals surface area contributed by atoms with Gasteiger partial charge in [-0.15, -0.1) is 0 Å². The van der Waals surface area contributed by atoms with Crippen LogP contribution in [-0.2, 0) is 16.1 Å². The summed E-state index contributed by atoms with van der Waals surface area (Å²) < 4.78 is 5.32. The van der Waals surface area contributed by atoms with Crippen LogP contribution in [0.2, 0.25) is 0 Å². The molecule has 1 heterocycles. The van der Waals surface area contributed by atoms with Crippen LogP contribution >= 0.6 is 0 Å². The molecule has 3 amide bonds. The molecule has 0 saturated carbocycles. The molecule has 4 rings (SSSR count). The van der Waals surface area contributed by atoms with Gasteiger partial charge < -0.3 is 19.9 Å². The number of methoxy groups -OCH3 is 1. The normalized spacial score (nSPS) is 13.1. The lowest BCUT2D eigenvalue weighted by Crippen LogP contribution is -2.47. The Labute approximate surface area is 212 Å². The lowest BCUT2D eigenvalue weighted by molar-refractivity contribution is -0.140. The second-order valence-corrected chi connectivity index (χ2v) is 9.08. The quantitative estimate of drug-likeness (QED) is 0.431. The van der Waals surface area contributed by atoms with Gasteiger partial charge in [0.1, 0.15) is 11.8 Å². The molecule has 0 aromatic heterocycles. The Morgan fingerprint density at radius 3 is 2.58 bits per heavy atom. The van der Waals surface area contributed by atoms with Crippen LogP contribution in [0, 0.1) is 0 Å². The highest BCUT2D eigenvalue weighted by Gasteiger charge is 2.30. The molecule has 0 unspecified atom stereocenters. The number of benzene rings is 3. The highest BCUT2D eigenvalue weighted by atomic mass is 16.5. The van der Waals surface area contributed by atoms with E-state index in [9.17, 15) is 14.4 Å². The molecule has 3 aromatic carbocycles. The maximum atomic E-state index is 13.4. The largest absolute Gasteiger partial charge is 0.497 e. The average Bonchev–Trinajstić information content (AvgIpc) is 3.18. The van der Waals surface area contributed by atoms with Gasteiger partial charge in [-0.3, -0.25) is 14.4 Å². The van der Waals surface area contributed by atoms with Crippen LogP contribution in [0.5, 0.6) is 5.75 Å². The van der Waals surface area contributed by atoms with Crippen LogP contribution in [0.15, 0.2) is 60.7 Å². The van der Waals surface area contributed by atoms with Gasteiger partial charge in [-0.05, 0) is 55.0 Å². The molecule has 1 aliphatic heterocycles. The van der Waals surface area contributed by atoms with Crippen LogP contribution in [0.4, 0.5) is 5.69 Å². The number of carbonyl (C=O) groups is 3. The number of amides is 3. The van der Waals surface area contributed by atoms with Gasteiger partial charge in [0.2, 0.25) is 11.8 Å². The van der Waals surface area contributed by atoms with Crippen LogP contribution in [0.3, 0.4) is 0 Å². The Balaban J connectivity index is 1.46. The van der Waals surface area contributed by atoms with Crippen molar-refractivity contribution < 1.29 is 19.1 Å². The molecular weight excluding hydrogens is 454 g/mol. The van der Waals surface area contributed by atoms with Gasteiger partial charge in [0, 0.05) is 37.0 Å². The first-order chi connectivity index (χ1) is 17.4. The maximum Gasteiger partial charge on any atom is 0.258 e. The highest BCUT2D eigenvalue weighted by Crippen LogP contribution is 2.37. The minimum absolute atomic E-state index is 0.0326. The maximum absolute atomic E-state index is 13.4. The molecule has 0 radical (unpaired) electrons. The third-order valence-electron chi connectivity index (χ3n) is 6.63. The van der Waals surface area contributed by atoms with Gasteiger partial charge in [-0.2, -0.15) is 0 Å². The second kappa shape index (κ2) is 11.2. The summed E-state index contributed by atoms with van der Waals surface area (Å²) in [6, 6.07) is 18.5. The molecule has 0 saturated heterocycles. The molecule has 7 nitrogen and oxygen atoms in total. The van der Waals surface area contributed by atoms with E-state index < -0.39 is 6.04 Å². The number of ether oxygens (including phenoxy) is 1. The molecule has 0 bridgehead atoms. The zero-order chi connectivity index (χ0) is 25.7. The molecule has 0 spiro atoms. The first kappa shape index (κ1) is 25.2. The number of carbonyl (C=O) groups excluding carboxylic acids is 3. The van der Waals surface area contributed by atoms with Gasteiger partial charge in [-0.25, -0.2) is 0 Å². The van der Waals surface area contributed by atoms with Crippen molar-refractivity contribution in [2.75, 3.05) is 25.1 Å². The highest BCUT2D eigenvalue weighted by molar-refractivity contribution is 6.25. The zero-order valence-electron chi connectivity index (χ0n) is 21.1. The van der Waals surface area contributed by atoms with E-state index in [1.165, 1.54) is 0 Å². The Kier molecular flexibility index (Phi) is 7.88. The number of rotatable bonds is 11. The number of hydrogen-bond acceptors (Lipinski definition) is 4. The Morgan fingerprint density at radius 1 is 1.08 bits per heavy atom. The molecule has 1 atom stereocenters. The third-order valence-corrected chi connectivity index (χ3v) is 6.63. The average molecular weight is 488 g/mol. The summed E-state index contributed by atoms with van der Waals surface area (Å²) in [5.74, 6) is 0.364. The molecular formula is C29H33N3O4. The summed E-state index contributed by atoms with van der Waals surface area (Å²) in [4.78, 5) is 42.6. The predicted octanol–water partition coefficient (Wildman–Crippen LogP) is 4.53. The first-order valence-electron chi connectivity index (χ1n) is 12.5. The summed E-state index contributed by atoms with van der Waals surface area (Å²) in [6.07, 6.45) is 1.54. The summed E-state index contributed by atoms with van der Waals surface area (Å²) in [7, 11) is 1.60. The van der Waals surface area contributed by atoms with Crippen LogP contribution in [0.25, 0.3) is 10.8 Å². The van der Waals surface area contributed by atoms with Crippen LogP contribution in [0.1, 0.15) is 49.0 Å². The molecule has 1 N–H and O–H groups in total. The molecule has 188 valence electrons. The molecule has 0 aliphatic carbocycles. The first-order valence-corrected chi connectivity index (χ1v) is 12.5. The van der Waals surface area contributed by atoms with E-state index in [1.54, 1.807) is 23.8 Å². The number of nitrogens with zero attached hydrogens (tertiary/aromatic N) is 2. The van der Waals surface area contributed by atoms with Crippen LogP contribution < -0.4 is 15.0 Å². The standard InChI is InChI=1S/C29H33N3O4/c1-4-16-30-28(34)20(2)32(19-21-9-5-12-23(18-21)36-3)26(33)15-8-17-31-25-14-7-11-22-10-6-13-24(27(22)25)29(31)35/h5-7,9-14,18,20H,4,8,15-17,19H2,1-3H3,(H,30,34)/t20-/m1/s1. The SMILES string of the molecule is CCCNC(=O)[C@@H](C)N(Cc1cccc(OC)c1)C(=O)CCCN1C(=O)c2cccc3cccc1c23. The van der Waals surface area contributed by atoms with E-state index in [-0.39, 0.29) is 24.1 Å². The van der Waals surface area contributed by atoms with E-state index in [0.717, 1.165) is 28.4 Å². The molecule has 7 heteroatoms. The lowest BCUT2D eigenvalue weighted by atomic mass is 10.1. The Bertz CT molecular complexity index is 1270. The van der Waals surface area contributed by atoms with Crippen molar-refractivity contribution in [3.63, 3.8) is 0 Å². The van der Waals surface area contributed by atoms with E-state index in [1.807, 2.05) is 67.6 Å². The van der Waals surface area contributed by atoms with Gasteiger partial charge in [0.15, 0.2) is 0 Å². The topological polar surface area (TPSA) is 79.0 Å². The summed E-state index contributed by atoms with van der Waals surface area (Å²) in [6.45, 7) is 5.03. The van der Waals surface area contributed by atoms with E-state index in [0.29, 0.717) is 37.4 Å². The zero-order valence-corrected chi connectivity index (χ0v) is 21.1. The second-order valence-electron chi connectivity index (χ2n) is 9.08. The van der Waals surface area contributed by atoms with Gasteiger partial charge in [0.05, 0.1) is 12.8 Å². The predicted molar refractivity (Wildman–Crippen MR) is 141 cm³/mol. The van der Waals surface area contributed by atoms with Gasteiger partial charge in [0.25, 0.3) is 5.91 Å². The summed E-state index contributed by atoms with van der Waals surface area (Å²) >= 11 is 0. The Hall–Kier alpha value is -3.87. The third kappa shape index (κ3) is 5.20. The van der Waals surface area contributed by atoms with Gasteiger partial charge in [-0.1, -0.05) is 43.3 Å². The summed E-state index contributed by atoms with van der Waals surface area (Å²) in [5.41, 5.74) is 2.48. The van der Waals surface area contributed by atoms with Crippen molar-refractivity contribution in [1.29, 1.82) is 0 Å². The van der Waals surface area contributed by atoms with E-state index >= 15 is 0 Å². The number of anilines is 1. The smallest absolute Gasteiger partial charge is 0.258 e. The minimum atomic E-state index is -0.623. The monoisotopic (exact) mass is 487 g/mol. The minimum Gasteiger partial charge on any atom is -0.497 e. The molecule has 1 aliphatic rings. The fourth-order valence-corrected chi connectivity index (χ4v) is 4.68. The molecule has 36 heavy (non-hydrogen) atoms. The number of nitrogens with one attached hydrogen (secondary N) is 1. The van der Waals surface area contributed by atoms with Gasteiger partial charge >= 0.3 is 0 Å². The van der Waals surface area contributed by atoms with Crippen molar-refractivity contribution in [3.05, 3.63) is 71.8 Å². The number of hydrogen-bond donors (Lipinski definition) is 1. The van der Waals surface area contributed by atoms with Crippen molar-refractivity contribution >= 4 is 34.2 Å². The fourth-order valence-electron chi connectivity index (χ4n) is 4.68. The molecule has 3 aromatic rings. The van der Waals surface area contributed by atoms with E-state index in [4.69, 9.17) is 4.74 Å². The molecule has 0 fully saturated rings. The van der Waals surface area contributed by atoms with Crippen molar-refractivity contribution in [1.82, 2.24) is 10.2 Å². The van der Waals surface area contributed by atoms with Crippen LogP contribution in [-0.4, -0.2) is 48.9 Å². The fraction of sp³-hybridized carbons (Fsp3) is 0.345. The van der Waals surface area contributed by atoms with Crippen molar-refractivity contribution in [2.45, 2.75) is 45.7 Å². The Morgan fingerprint density at radius 2 is 1.83 bits per heavy atom. The lowest BCUT2D eigenvalue weighted by Gasteiger charge is -2.29.